The summed E-state index contributed by atoms with van der Waals surface area (Å²) >= 11 is 0. The summed E-state index contributed by atoms with van der Waals surface area (Å²) in [5, 5.41) is 3.12. The highest BCUT2D eigenvalue weighted by atomic mass is 19.4. The molecule has 3 N–H and O–H groups in total. The first-order chi connectivity index (χ1) is 8.86. The van der Waals surface area contributed by atoms with E-state index in [1.54, 1.807) is 0 Å². The maximum absolute atomic E-state index is 12.6. The number of hydrogen-bond donors (Lipinski definition) is 2. The van der Waals surface area contributed by atoms with Crippen molar-refractivity contribution in [3.8, 4) is 0 Å². The summed E-state index contributed by atoms with van der Waals surface area (Å²) in [6, 6.07) is 1.19. The number of hydrogen-bond acceptors (Lipinski definition) is 3. The van der Waals surface area contributed by atoms with Gasteiger partial charge >= 0.3 is 6.18 Å². The molecule has 1 heterocycles. The fourth-order valence-corrected chi connectivity index (χ4v) is 2.37. The maximum atomic E-state index is 12.6. The first-order valence-corrected chi connectivity index (χ1v) is 6.45. The van der Waals surface area contributed by atoms with Crippen molar-refractivity contribution in [1.29, 1.82) is 0 Å². The maximum Gasteiger partial charge on any atom is 0.433 e. The van der Waals surface area contributed by atoms with Crippen LogP contribution >= 0.6 is 0 Å². The molecule has 1 aromatic rings. The predicted octanol–water partition coefficient (Wildman–Crippen LogP) is 3.67. The van der Waals surface area contributed by atoms with Crippen LogP contribution in [0.25, 0.3) is 0 Å². The zero-order valence-corrected chi connectivity index (χ0v) is 10.8. The van der Waals surface area contributed by atoms with Gasteiger partial charge in [0.1, 0.15) is 5.69 Å². The highest BCUT2D eigenvalue weighted by Gasteiger charge is 2.33. The van der Waals surface area contributed by atoms with E-state index in [1.165, 1.54) is 0 Å². The van der Waals surface area contributed by atoms with Crippen molar-refractivity contribution < 1.29 is 13.2 Å². The van der Waals surface area contributed by atoms with Gasteiger partial charge in [-0.25, -0.2) is 4.98 Å². The first kappa shape index (κ1) is 14.0. The molecule has 0 bridgehead atoms. The van der Waals surface area contributed by atoms with Gasteiger partial charge in [-0.3, -0.25) is 0 Å². The number of nitrogen functional groups attached to an aromatic ring is 1. The summed E-state index contributed by atoms with van der Waals surface area (Å²) in [6.07, 6.45) is 0.736. The van der Waals surface area contributed by atoms with E-state index in [1.807, 2.05) is 0 Å². The Morgan fingerprint density at radius 2 is 1.89 bits per heavy atom. The number of aromatic nitrogens is 1. The molecule has 1 aromatic heterocycles. The number of nitrogens with one attached hydrogen (secondary N) is 1. The van der Waals surface area contributed by atoms with Crippen molar-refractivity contribution >= 4 is 11.4 Å². The molecular weight excluding hydrogens is 255 g/mol. The SMILES string of the molecule is CC1CCC(Nc2cc(C(F)(F)F)ncc2N)CC1. The Labute approximate surface area is 110 Å². The average molecular weight is 273 g/mol. The van der Waals surface area contributed by atoms with Crippen molar-refractivity contribution in [2.75, 3.05) is 11.1 Å². The van der Waals surface area contributed by atoms with Gasteiger partial charge in [-0.2, -0.15) is 13.2 Å². The molecule has 6 heteroatoms. The Morgan fingerprint density at radius 3 is 2.47 bits per heavy atom. The Balaban J connectivity index is 2.11. The van der Waals surface area contributed by atoms with Crippen LogP contribution in [0.4, 0.5) is 24.5 Å². The number of anilines is 2. The number of rotatable bonds is 2. The second-order valence-corrected chi connectivity index (χ2v) is 5.26. The molecular formula is C13H18F3N3. The van der Waals surface area contributed by atoms with Crippen LogP contribution in [0.5, 0.6) is 0 Å². The summed E-state index contributed by atoms with van der Waals surface area (Å²) in [4.78, 5) is 3.33. The summed E-state index contributed by atoms with van der Waals surface area (Å²) < 4.78 is 37.8. The molecule has 1 aliphatic rings. The topological polar surface area (TPSA) is 50.9 Å². The largest absolute Gasteiger partial charge is 0.433 e. The van der Waals surface area contributed by atoms with Crippen LogP contribution in [-0.2, 0) is 6.18 Å². The van der Waals surface area contributed by atoms with E-state index in [-0.39, 0.29) is 11.7 Å². The molecule has 0 radical (unpaired) electrons. The molecule has 0 aliphatic heterocycles. The summed E-state index contributed by atoms with van der Waals surface area (Å²) in [7, 11) is 0. The van der Waals surface area contributed by atoms with E-state index in [9.17, 15) is 13.2 Å². The van der Waals surface area contributed by atoms with Crippen molar-refractivity contribution in [2.24, 2.45) is 5.92 Å². The number of alkyl halides is 3. The Hall–Kier alpha value is -1.46. The molecule has 0 amide bonds. The van der Waals surface area contributed by atoms with Gasteiger partial charge < -0.3 is 11.1 Å². The summed E-state index contributed by atoms with van der Waals surface area (Å²) in [6.45, 7) is 2.19. The zero-order chi connectivity index (χ0) is 14.0. The van der Waals surface area contributed by atoms with Crippen LogP contribution in [0, 0.1) is 5.92 Å². The van der Waals surface area contributed by atoms with Crippen molar-refractivity contribution in [2.45, 2.75) is 44.8 Å². The van der Waals surface area contributed by atoms with E-state index in [2.05, 4.69) is 17.2 Å². The normalized spacial score (nSPS) is 24.2. The Kier molecular flexibility index (Phi) is 3.87. The Bertz CT molecular complexity index is 437. The fraction of sp³-hybridized carbons (Fsp3) is 0.615. The van der Waals surface area contributed by atoms with Gasteiger partial charge in [0, 0.05) is 6.04 Å². The zero-order valence-electron chi connectivity index (χ0n) is 10.8. The van der Waals surface area contributed by atoms with Gasteiger partial charge in [-0.05, 0) is 37.7 Å². The number of pyridine rings is 1. The monoisotopic (exact) mass is 273 g/mol. The average Bonchev–Trinajstić information content (AvgIpc) is 2.33. The van der Waals surface area contributed by atoms with E-state index in [0.717, 1.165) is 37.9 Å². The fourth-order valence-electron chi connectivity index (χ4n) is 2.37. The van der Waals surface area contributed by atoms with Gasteiger partial charge in [-0.15, -0.1) is 0 Å². The van der Waals surface area contributed by atoms with Gasteiger partial charge in [0.25, 0.3) is 0 Å². The standard InChI is InChI=1S/C13H18F3N3/c1-8-2-4-9(5-3-8)19-11-6-12(13(14,15)16)18-7-10(11)17/h6-9H,2-5,17H2,1H3,(H,18,19). The molecule has 0 atom stereocenters. The molecule has 19 heavy (non-hydrogen) atoms. The lowest BCUT2D eigenvalue weighted by molar-refractivity contribution is -0.141. The molecule has 0 saturated heterocycles. The highest BCUT2D eigenvalue weighted by molar-refractivity contribution is 5.65. The molecule has 0 spiro atoms. The van der Waals surface area contributed by atoms with Crippen LogP contribution in [-0.4, -0.2) is 11.0 Å². The van der Waals surface area contributed by atoms with Crippen LogP contribution in [0.2, 0.25) is 0 Å². The lowest BCUT2D eigenvalue weighted by Gasteiger charge is -2.28. The number of nitrogens with zero attached hydrogens (tertiary/aromatic N) is 1. The number of halogens is 3. The molecule has 1 saturated carbocycles. The van der Waals surface area contributed by atoms with Gasteiger partial charge in [0.15, 0.2) is 0 Å². The minimum Gasteiger partial charge on any atom is -0.396 e. The quantitative estimate of drug-likeness (QED) is 0.864. The van der Waals surface area contributed by atoms with E-state index >= 15 is 0 Å². The van der Waals surface area contributed by atoms with Crippen molar-refractivity contribution in [3.63, 3.8) is 0 Å². The van der Waals surface area contributed by atoms with Crippen LogP contribution < -0.4 is 11.1 Å². The predicted molar refractivity (Wildman–Crippen MR) is 68.7 cm³/mol. The lowest BCUT2D eigenvalue weighted by atomic mass is 9.87. The molecule has 106 valence electrons. The van der Waals surface area contributed by atoms with E-state index in [0.29, 0.717) is 11.6 Å². The van der Waals surface area contributed by atoms with Gasteiger partial charge in [-0.1, -0.05) is 6.92 Å². The molecule has 1 aliphatic carbocycles. The lowest BCUT2D eigenvalue weighted by Crippen LogP contribution is -2.26. The number of nitrogens with two attached hydrogens (primary N) is 1. The minimum atomic E-state index is -4.44. The summed E-state index contributed by atoms with van der Waals surface area (Å²) in [5.74, 6) is 0.693. The van der Waals surface area contributed by atoms with Gasteiger partial charge in [0.05, 0.1) is 17.6 Å². The smallest absolute Gasteiger partial charge is 0.396 e. The third kappa shape index (κ3) is 3.52. The van der Waals surface area contributed by atoms with Crippen molar-refractivity contribution in [3.05, 3.63) is 18.0 Å². The van der Waals surface area contributed by atoms with Crippen molar-refractivity contribution in [1.82, 2.24) is 4.98 Å². The minimum absolute atomic E-state index is 0.196. The van der Waals surface area contributed by atoms with Crippen LogP contribution in [0.3, 0.4) is 0 Å². The van der Waals surface area contributed by atoms with Crippen LogP contribution in [0.1, 0.15) is 38.3 Å². The van der Waals surface area contributed by atoms with Crippen LogP contribution in [0.15, 0.2) is 12.3 Å². The van der Waals surface area contributed by atoms with E-state index < -0.39 is 11.9 Å². The Morgan fingerprint density at radius 1 is 1.26 bits per heavy atom. The molecule has 2 rings (SSSR count). The third-order valence-corrected chi connectivity index (χ3v) is 3.60. The molecule has 0 aromatic carbocycles. The first-order valence-electron chi connectivity index (χ1n) is 6.45. The second-order valence-electron chi connectivity index (χ2n) is 5.26. The van der Waals surface area contributed by atoms with Gasteiger partial charge in [0.2, 0.25) is 0 Å². The molecule has 1 fully saturated rings. The molecule has 3 nitrogen and oxygen atoms in total. The third-order valence-electron chi connectivity index (χ3n) is 3.60. The highest BCUT2D eigenvalue weighted by Crippen LogP contribution is 2.33. The second kappa shape index (κ2) is 5.27. The summed E-state index contributed by atoms with van der Waals surface area (Å²) in [5.41, 5.74) is 5.37. The molecule has 0 unspecified atom stereocenters. The van der Waals surface area contributed by atoms with E-state index in [4.69, 9.17) is 5.73 Å².